The summed E-state index contributed by atoms with van der Waals surface area (Å²) in [5, 5.41) is 0. The second kappa shape index (κ2) is 15.9. The normalized spacial score (nSPS) is 12.7. The van der Waals surface area contributed by atoms with Crippen molar-refractivity contribution in [1.29, 1.82) is 0 Å². The van der Waals surface area contributed by atoms with Crippen molar-refractivity contribution in [2.24, 2.45) is 0 Å². The van der Waals surface area contributed by atoms with E-state index in [9.17, 15) is 0 Å². The minimum absolute atomic E-state index is 0.600. The molecular formula is C65H41N5. The Labute approximate surface area is 405 Å². The topological polar surface area (TPSA) is 56.5 Å². The van der Waals surface area contributed by atoms with Crippen LogP contribution in [-0.2, 0) is 5.41 Å². The molecule has 0 aliphatic heterocycles. The largest absolute Gasteiger partial charge is 0.292 e. The molecule has 0 unspecified atom stereocenters. The number of rotatable bonds is 7. The quantitative estimate of drug-likeness (QED) is 0.160. The first-order valence-electron chi connectivity index (χ1n) is 23.8. The summed E-state index contributed by atoms with van der Waals surface area (Å²) in [6.07, 6.45) is 0. The molecule has 2 aliphatic rings. The van der Waals surface area contributed by atoms with E-state index in [2.05, 4.69) is 217 Å². The molecule has 2 aromatic heterocycles. The molecule has 5 heteroatoms. The van der Waals surface area contributed by atoms with E-state index in [1.165, 1.54) is 50.1 Å². The Balaban J connectivity index is 0.943. The molecule has 2 heterocycles. The van der Waals surface area contributed by atoms with E-state index in [0.29, 0.717) is 17.5 Å². The molecule has 14 rings (SSSR count). The smallest absolute Gasteiger partial charge is 0.164 e. The van der Waals surface area contributed by atoms with Gasteiger partial charge in [0.15, 0.2) is 17.5 Å². The summed E-state index contributed by atoms with van der Waals surface area (Å²) >= 11 is 0. The maximum absolute atomic E-state index is 5.32. The Kier molecular flexibility index (Phi) is 9.04. The summed E-state index contributed by atoms with van der Waals surface area (Å²) in [5.74, 6) is 2.82. The molecule has 1 spiro atoms. The molecule has 10 aromatic carbocycles. The molecule has 0 saturated heterocycles. The van der Waals surface area contributed by atoms with Crippen LogP contribution in [0.15, 0.2) is 249 Å². The Bertz CT molecular complexity index is 3900. The molecule has 0 N–H and O–H groups in total. The summed E-state index contributed by atoms with van der Waals surface area (Å²) in [7, 11) is 0. The van der Waals surface area contributed by atoms with Crippen LogP contribution < -0.4 is 0 Å². The van der Waals surface area contributed by atoms with Gasteiger partial charge < -0.3 is 0 Å². The first-order chi connectivity index (χ1) is 34.7. The fourth-order valence-electron chi connectivity index (χ4n) is 11.2. The van der Waals surface area contributed by atoms with E-state index in [-0.39, 0.29) is 0 Å². The third kappa shape index (κ3) is 6.18. The van der Waals surface area contributed by atoms with Gasteiger partial charge in [0.25, 0.3) is 0 Å². The first kappa shape index (κ1) is 39.8. The van der Waals surface area contributed by atoms with Gasteiger partial charge in [-0.1, -0.05) is 206 Å². The van der Waals surface area contributed by atoms with Crippen LogP contribution in [0.4, 0.5) is 0 Å². The number of benzene rings is 10. The third-order valence-electron chi connectivity index (χ3n) is 14.3. The number of hydrogen-bond acceptors (Lipinski definition) is 4. The zero-order chi connectivity index (χ0) is 46.2. The van der Waals surface area contributed by atoms with Gasteiger partial charge in [0, 0.05) is 27.9 Å². The minimum Gasteiger partial charge on any atom is -0.292 e. The molecule has 0 saturated carbocycles. The summed E-state index contributed by atoms with van der Waals surface area (Å²) in [4.78, 5) is 20.7. The van der Waals surface area contributed by atoms with Crippen LogP contribution in [0, 0.1) is 0 Å². The fraction of sp³-hybridized carbons (Fsp3) is 0.0154. The van der Waals surface area contributed by atoms with Gasteiger partial charge in [0.05, 0.1) is 16.4 Å². The molecule has 12 aromatic rings. The third-order valence-corrected chi connectivity index (χ3v) is 14.3. The maximum Gasteiger partial charge on any atom is 0.164 e. The highest BCUT2D eigenvalue weighted by atomic mass is 15.1. The van der Waals surface area contributed by atoms with Crippen LogP contribution in [0.3, 0.4) is 0 Å². The molecule has 2 aliphatic carbocycles. The van der Waals surface area contributed by atoms with Crippen molar-refractivity contribution < 1.29 is 0 Å². The van der Waals surface area contributed by atoms with E-state index in [1.54, 1.807) is 0 Å². The maximum atomic E-state index is 5.32. The van der Waals surface area contributed by atoms with Crippen LogP contribution >= 0.6 is 0 Å². The average molecular weight is 892 g/mol. The fourth-order valence-corrected chi connectivity index (χ4v) is 11.2. The monoisotopic (exact) mass is 891 g/mol. The minimum atomic E-state index is -0.600. The highest BCUT2D eigenvalue weighted by molar-refractivity contribution is 5.97. The molecule has 0 fully saturated rings. The second-order valence-corrected chi connectivity index (χ2v) is 18.2. The highest BCUT2D eigenvalue weighted by Gasteiger charge is 2.51. The molecule has 326 valence electrons. The lowest BCUT2D eigenvalue weighted by Gasteiger charge is -2.31. The number of para-hydroxylation sites is 2. The predicted molar refractivity (Wildman–Crippen MR) is 283 cm³/mol. The van der Waals surface area contributed by atoms with Crippen molar-refractivity contribution in [2.45, 2.75) is 5.41 Å². The molecule has 0 bridgehead atoms. The summed E-state index contributed by atoms with van der Waals surface area (Å²) < 4.78 is 2.30. The number of hydrogen-bond donors (Lipinski definition) is 0. The lowest BCUT2D eigenvalue weighted by Crippen LogP contribution is -2.26. The van der Waals surface area contributed by atoms with Crippen molar-refractivity contribution in [3.8, 4) is 95.7 Å². The van der Waals surface area contributed by atoms with Gasteiger partial charge in [0.1, 0.15) is 5.82 Å². The predicted octanol–water partition coefficient (Wildman–Crippen LogP) is 15.6. The van der Waals surface area contributed by atoms with Crippen LogP contribution in [0.25, 0.3) is 107 Å². The van der Waals surface area contributed by atoms with Gasteiger partial charge >= 0.3 is 0 Å². The molecule has 0 radical (unpaired) electrons. The lowest BCUT2D eigenvalue weighted by molar-refractivity contribution is 0.794. The van der Waals surface area contributed by atoms with Crippen molar-refractivity contribution in [2.75, 3.05) is 0 Å². The Hall–Kier alpha value is -9.32. The number of nitrogens with zero attached hydrogens (tertiary/aromatic N) is 5. The van der Waals surface area contributed by atoms with E-state index in [0.717, 1.165) is 61.5 Å². The Morgan fingerprint density at radius 3 is 1.36 bits per heavy atom. The zero-order valence-electron chi connectivity index (χ0n) is 37.9. The van der Waals surface area contributed by atoms with E-state index < -0.39 is 5.41 Å². The standard InChI is InChI=1S/C65H41N5/c1-4-18-42(19-5-1)46-25-17-27-50(39-46)70-60-33-15-14-32-59(60)66-64(70)49-26-16-24-45(38-49)47-34-36-53-54-37-35-48(63-68-61(43-20-6-2-7-21-43)67-62(69-63)44-22-8-3-9-23-44)41-58(54)65(57(53)40-47)55-30-12-10-28-51(55)52-29-11-13-31-56(52)65/h1-41H. The van der Waals surface area contributed by atoms with Gasteiger partial charge in [-0.25, -0.2) is 19.9 Å². The van der Waals surface area contributed by atoms with E-state index in [4.69, 9.17) is 19.9 Å². The Morgan fingerprint density at radius 2 is 0.714 bits per heavy atom. The summed E-state index contributed by atoms with van der Waals surface area (Å²) in [6.45, 7) is 0. The van der Waals surface area contributed by atoms with Crippen LogP contribution in [0.1, 0.15) is 22.3 Å². The number of fused-ring (bicyclic) bond motifs is 11. The van der Waals surface area contributed by atoms with Gasteiger partial charge in [-0.15, -0.1) is 0 Å². The molecule has 70 heavy (non-hydrogen) atoms. The lowest BCUT2D eigenvalue weighted by atomic mass is 9.70. The van der Waals surface area contributed by atoms with Crippen LogP contribution in [0.5, 0.6) is 0 Å². The van der Waals surface area contributed by atoms with Gasteiger partial charge in [-0.05, 0) is 109 Å². The molecular weight excluding hydrogens is 851 g/mol. The first-order valence-corrected chi connectivity index (χ1v) is 23.8. The summed E-state index contributed by atoms with van der Waals surface area (Å²) in [6, 6.07) is 88.8. The molecule has 0 amide bonds. The van der Waals surface area contributed by atoms with Crippen LogP contribution in [0.2, 0.25) is 0 Å². The highest BCUT2D eigenvalue weighted by Crippen LogP contribution is 2.63. The van der Waals surface area contributed by atoms with Crippen molar-refractivity contribution in [3.63, 3.8) is 0 Å². The number of aromatic nitrogens is 5. The van der Waals surface area contributed by atoms with Crippen molar-refractivity contribution in [3.05, 3.63) is 271 Å². The van der Waals surface area contributed by atoms with Crippen LogP contribution in [-0.4, -0.2) is 24.5 Å². The van der Waals surface area contributed by atoms with Crippen molar-refractivity contribution in [1.82, 2.24) is 24.5 Å². The van der Waals surface area contributed by atoms with Gasteiger partial charge in [-0.3, -0.25) is 4.57 Å². The van der Waals surface area contributed by atoms with E-state index >= 15 is 0 Å². The van der Waals surface area contributed by atoms with Gasteiger partial charge in [0.2, 0.25) is 0 Å². The van der Waals surface area contributed by atoms with Crippen molar-refractivity contribution >= 4 is 11.0 Å². The molecule has 0 atom stereocenters. The Morgan fingerprint density at radius 1 is 0.271 bits per heavy atom. The number of imidazole rings is 1. The second-order valence-electron chi connectivity index (χ2n) is 18.2. The SMILES string of the molecule is c1ccc(-c2cccc(-n3c(-c4cccc(-c5ccc6c(c5)C5(c7ccccc7-c7ccccc75)c5cc(-c7nc(-c8ccccc8)nc(-c8ccccc8)n7)ccc5-6)c4)nc4ccccc43)c2)cc1. The van der Waals surface area contributed by atoms with E-state index in [1.807, 2.05) is 36.4 Å². The zero-order valence-corrected chi connectivity index (χ0v) is 37.9. The molecule has 5 nitrogen and oxygen atoms in total. The summed E-state index contributed by atoms with van der Waals surface area (Å²) in [5.41, 5.74) is 20.9. The van der Waals surface area contributed by atoms with Gasteiger partial charge in [-0.2, -0.15) is 0 Å². The average Bonchev–Trinajstić information content (AvgIpc) is 4.08.